The average molecular weight is 619 g/mol. The SMILES string of the molecule is c1ccc(Nc2nc(Nc3ccccc3)nc(C3CC4CC(c5nc(Nc6ccccc6)nc(Nc6ccccc6)n5)C3C4)n2)cc1. The van der Waals surface area contributed by atoms with Gasteiger partial charge in [0, 0.05) is 34.6 Å². The fourth-order valence-corrected chi connectivity index (χ4v) is 6.89. The lowest BCUT2D eigenvalue weighted by atomic mass is 9.79. The predicted molar refractivity (Wildman–Crippen MR) is 185 cm³/mol. The number of anilines is 8. The highest BCUT2D eigenvalue weighted by molar-refractivity contribution is 5.59. The van der Waals surface area contributed by atoms with E-state index < -0.39 is 0 Å². The molecule has 4 aromatic carbocycles. The van der Waals surface area contributed by atoms with Crippen molar-refractivity contribution in [1.29, 1.82) is 0 Å². The number of nitrogens with one attached hydrogen (secondary N) is 4. The smallest absolute Gasteiger partial charge is 0.232 e. The van der Waals surface area contributed by atoms with Crippen molar-refractivity contribution in [3.63, 3.8) is 0 Å². The minimum atomic E-state index is 0.141. The first-order valence-electron chi connectivity index (χ1n) is 16.0. The van der Waals surface area contributed by atoms with Gasteiger partial charge in [0.05, 0.1) is 0 Å². The molecular weight excluding hydrogens is 584 g/mol. The first-order chi connectivity index (χ1) is 23.2. The number of para-hydroxylation sites is 4. The molecule has 0 spiro atoms. The lowest BCUT2D eigenvalue weighted by Crippen LogP contribution is -2.23. The zero-order valence-corrected chi connectivity index (χ0v) is 25.7. The molecule has 47 heavy (non-hydrogen) atoms. The average Bonchev–Trinajstić information content (AvgIpc) is 3.72. The van der Waals surface area contributed by atoms with E-state index in [-0.39, 0.29) is 17.8 Å². The second-order valence-electron chi connectivity index (χ2n) is 12.1. The molecule has 8 rings (SSSR count). The number of aromatic nitrogens is 6. The molecule has 2 aliphatic carbocycles. The fourth-order valence-electron chi connectivity index (χ4n) is 6.89. The van der Waals surface area contributed by atoms with Gasteiger partial charge >= 0.3 is 0 Å². The number of hydrogen-bond acceptors (Lipinski definition) is 10. The highest BCUT2D eigenvalue weighted by Gasteiger charge is 2.49. The van der Waals surface area contributed by atoms with E-state index in [1.165, 1.54) is 0 Å². The van der Waals surface area contributed by atoms with Crippen molar-refractivity contribution in [3.8, 4) is 0 Å². The van der Waals surface area contributed by atoms with Crippen molar-refractivity contribution in [3.05, 3.63) is 133 Å². The van der Waals surface area contributed by atoms with Gasteiger partial charge < -0.3 is 21.3 Å². The molecule has 2 aromatic heterocycles. The largest absolute Gasteiger partial charge is 0.324 e. The summed E-state index contributed by atoms with van der Waals surface area (Å²) in [7, 11) is 0. The van der Waals surface area contributed by atoms with E-state index in [1.54, 1.807) is 0 Å². The Labute approximate surface area is 273 Å². The highest BCUT2D eigenvalue weighted by Crippen LogP contribution is 2.58. The van der Waals surface area contributed by atoms with Gasteiger partial charge in [-0.3, -0.25) is 0 Å². The zero-order chi connectivity index (χ0) is 31.4. The Kier molecular flexibility index (Phi) is 7.80. The van der Waals surface area contributed by atoms with Crippen molar-refractivity contribution in [2.24, 2.45) is 11.8 Å². The maximum absolute atomic E-state index is 4.99. The maximum Gasteiger partial charge on any atom is 0.232 e. The molecule has 2 heterocycles. The minimum Gasteiger partial charge on any atom is -0.324 e. The Morgan fingerprint density at radius 2 is 0.660 bits per heavy atom. The summed E-state index contributed by atoms with van der Waals surface area (Å²) in [5, 5.41) is 13.6. The van der Waals surface area contributed by atoms with Gasteiger partial charge in [0.1, 0.15) is 11.6 Å². The molecule has 2 bridgehead atoms. The quantitative estimate of drug-likeness (QED) is 0.119. The topological polar surface area (TPSA) is 125 Å². The van der Waals surface area contributed by atoms with Crippen LogP contribution in [0.4, 0.5) is 46.5 Å². The predicted octanol–water partition coefficient (Wildman–Crippen LogP) is 8.33. The summed E-state index contributed by atoms with van der Waals surface area (Å²) < 4.78 is 0. The molecule has 6 aromatic rings. The number of hydrogen-bond donors (Lipinski definition) is 4. The van der Waals surface area contributed by atoms with Crippen molar-refractivity contribution < 1.29 is 0 Å². The fraction of sp³-hybridized carbons (Fsp3) is 0.189. The molecule has 10 heteroatoms. The Morgan fingerprint density at radius 1 is 0.362 bits per heavy atom. The van der Waals surface area contributed by atoms with E-state index in [0.29, 0.717) is 29.7 Å². The van der Waals surface area contributed by atoms with Crippen LogP contribution in [-0.4, -0.2) is 29.9 Å². The van der Waals surface area contributed by atoms with Crippen LogP contribution in [0.5, 0.6) is 0 Å². The van der Waals surface area contributed by atoms with Crippen molar-refractivity contribution in [1.82, 2.24) is 29.9 Å². The van der Waals surface area contributed by atoms with Gasteiger partial charge in [-0.05, 0) is 79.6 Å². The molecule has 2 atom stereocenters. The summed E-state index contributed by atoms with van der Waals surface area (Å²) in [4.78, 5) is 29.5. The Hall–Kier alpha value is -5.90. The summed E-state index contributed by atoms with van der Waals surface area (Å²) in [6, 6.07) is 39.9. The third-order valence-electron chi connectivity index (χ3n) is 8.90. The van der Waals surface area contributed by atoms with E-state index in [2.05, 4.69) is 21.3 Å². The third-order valence-corrected chi connectivity index (χ3v) is 8.90. The number of benzene rings is 4. The minimum absolute atomic E-state index is 0.141. The summed E-state index contributed by atoms with van der Waals surface area (Å²) in [5.41, 5.74) is 3.68. The summed E-state index contributed by atoms with van der Waals surface area (Å²) in [5.74, 6) is 4.74. The normalized spacial score (nSPS) is 19.7. The van der Waals surface area contributed by atoms with Gasteiger partial charge in [0.15, 0.2) is 0 Å². The number of fused-ring (bicyclic) bond motifs is 2. The molecule has 2 saturated carbocycles. The van der Waals surface area contributed by atoms with Crippen LogP contribution >= 0.6 is 0 Å². The van der Waals surface area contributed by atoms with Gasteiger partial charge in [0.25, 0.3) is 0 Å². The van der Waals surface area contributed by atoms with Crippen molar-refractivity contribution in [2.45, 2.75) is 31.1 Å². The molecule has 0 aliphatic heterocycles. The first-order valence-corrected chi connectivity index (χ1v) is 16.0. The standard InChI is InChI=1S/C37H34N10/c1-5-13-25(14-6-1)38-34-42-32(43-35(46-34)39-26-15-7-2-8-16-26)30-22-24-21-29(30)31(23-24)33-44-36(40-27-17-9-3-10-18-27)47-37(45-33)41-28-19-11-4-12-20-28/h1-20,24,29-31H,21-23H2,(H2,38,39,42,43,46)(H2,40,41,44,45,47). The van der Waals surface area contributed by atoms with Gasteiger partial charge in [-0.25, -0.2) is 0 Å². The van der Waals surface area contributed by atoms with E-state index in [9.17, 15) is 0 Å². The number of rotatable bonds is 10. The van der Waals surface area contributed by atoms with E-state index in [4.69, 9.17) is 29.9 Å². The molecule has 4 N–H and O–H groups in total. The van der Waals surface area contributed by atoms with Gasteiger partial charge in [-0.1, -0.05) is 72.8 Å². The summed E-state index contributed by atoms with van der Waals surface area (Å²) in [6.45, 7) is 0. The molecule has 10 nitrogen and oxygen atoms in total. The first kappa shape index (κ1) is 28.6. The molecule has 0 saturated heterocycles. The molecule has 2 fully saturated rings. The molecule has 2 aliphatic rings. The van der Waals surface area contributed by atoms with Crippen LogP contribution in [0.3, 0.4) is 0 Å². The van der Waals surface area contributed by atoms with Gasteiger partial charge in [-0.15, -0.1) is 0 Å². The molecule has 232 valence electrons. The third kappa shape index (κ3) is 6.57. The van der Waals surface area contributed by atoms with E-state index in [0.717, 1.165) is 53.7 Å². The van der Waals surface area contributed by atoms with Crippen LogP contribution in [0, 0.1) is 11.8 Å². The second kappa shape index (κ2) is 12.8. The van der Waals surface area contributed by atoms with Gasteiger partial charge in [-0.2, -0.15) is 29.9 Å². The van der Waals surface area contributed by atoms with Crippen LogP contribution in [-0.2, 0) is 0 Å². The summed E-state index contributed by atoms with van der Waals surface area (Å²) >= 11 is 0. The van der Waals surface area contributed by atoms with Crippen molar-refractivity contribution in [2.75, 3.05) is 21.3 Å². The van der Waals surface area contributed by atoms with Crippen LogP contribution in [0.2, 0.25) is 0 Å². The summed E-state index contributed by atoms with van der Waals surface area (Å²) in [6.07, 6.45) is 3.13. The Balaban J connectivity index is 1.12. The Bertz CT molecular complexity index is 1680. The van der Waals surface area contributed by atoms with Crippen LogP contribution in [0.25, 0.3) is 0 Å². The lowest BCUT2D eigenvalue weighted by molar-refractivity contribution is 0.347. The zero-order valence-electron chi connectivity index (χ0n) is 25.7. The molecule has 0 radical (unpaired) electrons. The van der Waals surface area contributed by atoms with Crippen molar-refractivity contribution >= 4 is 46.5 Å². The van der Waals surface area contributed by atoms with E-state index in [1.807, 2.05) is 121 Å². The highest BCUT2D eigenvalue weighted by atomic mass is 15.2. The lowest BCUT2D eigenvalue weighted by Gasteiger charge is -2.28. The van der Waals surface area contributed by atoms with Crippen LogP contribution < -0.4 is 21.3 Å². The van der Waals surface area contributed by atoms with Gasteiger partial charge in [0.2, 0.25) is 23.8 Å². The van der Waals surface area contributed by atoms with E-state index >= 15 is 0 Å². The molecule has 2 unspecified atom stereocenters. The molecule has 0 amide bonds. The molecular formula is C37H34N10. The van der Waals surface area contributed by atoms with Crippen LogP contribution in [0.1, 0.15) is 42.7 Å². The second-order valence-corrected chi connectivity index (χ2v) is 12.1. The van der Waals surface area contributed by atoms with Crippen LogP contribution in [0.15, 0.2) is 121 Å². The number of nitrogens with zero attached hydrogens (tertiary/aromatic N) is 6. The Morgan fingerprint density at radius 3 is 0.936 bits per heavy atom. The maximum atomic E-state index is 4.99. The monoisotopic (exact) mass is 618 g/mol.